The van der Waals surface area contributed by atoms with E-state index in [2.05, 4.69) is 20.4 Å². The van der Waals surface area contributed by atoms with Gasteiger partial charge in [-0.2, -0.15) is 0 Å². The molecule has 8 aromatic rings. The van der Waals surface area contributed by atoms with Crippen LogP contribution in [0.4, 0.5) is 0 Å². The molecule has 2 heterocycles. The second kappa shape index (κ2) is 12.9. The first-order valence-corrected chi connectivity index (χ1v) is 13.8. The summed E-state index contributed by atoms with van der Waals surface area (Å²) in [5.74, 6) is 1.06. The van der Waals surface area contributed by atoms with E-state index in [9.17, 15) is 10.2 Å². The van der Waals surface area contributed by atoms with Crippen molar-refractivity contribution in [3.8, 4) is 57.3 Å². The average molecular weight is 640 g/mol. The fraction of sp³-hybridized carbons (Fsp3) is 0. The van der Waals surface area contributed by atoms with Gasteiger partial charge in [-0.25, -0.2) is 0 Å². The van der Waals surface area contributed by atoms with Crippen molar-refractivity contribution in [2.75, 3.05) is 0 Å². The Morgan fingerprint density at radius 3 is 1.07 bits per heavy atom. The number of fused-ring (bicyclic) bond motifs is 2. The Morgan fingerprint density at radius 1 is 0.378 bits per heavy atom. The predicted octanol–water partition coefficient (Wildman–Crippen LogP) is 7.26. The summed E-state index contributed by atoms with van der Waals surface area (Å²) in [5.41, 5.74) is 2.51. The third-order valence-corrected chi connectivity index (χ3v) is 7.05. The molecule has 8 rings (SSSR count). The van der Waals surface area contributed by atoms with Crippen LogP contribution in [0.5, 0.6) is 11.5 Å². The molecule has 0 spiro atoms. The molecule has 0 aliphatic heterocycles. The van der Waals surface area contributed by atoms with Crippen molar-refractivity contribution < 1.29 is 38.5 Å². The Labute approximate surface area is 270 Å². The van der Waals surface area contributed by atoms with Gasteiger partial charge in [0.2, 0.25) is 23.6 Å². The predicted molar refractivity (Wildman–Crippen MR) is 164 cm³/mol. The van der Waals surface area contributed by atoms with Crippen molar-refractivity contribution in [1.82, 2.24) is 20.4 Å². The average Bonchev–Trinajstić information content (AvgIpc) is 3.77. The molecule has 45 heavy (non-hydrogen) atoms. The van der Waals surface area contributed by atoms with Crippen molar-refractivity contribution in [3.05, 3.63) is 133 Å². The number of aromatic nitrogens is 4. The summed E-state index contributed by atoms with van der Waals surface area (Å²) < 4.78 is 11.3. The van der Waals surface area contributed by atoms with Gasteiger partial charge in [0, 0.05) is 22.3 Å². The van der Waals surface area contributed by atoms with E-state index in [4.69, 9.17) is 8.83 Å². The van der Waals surface area contributed by atoms with Gasteiger partial charge in [0.25, 0.3) is 0 Å². The van der Waals surface area contributed by atoms with Crippen LogP contribution in [0.2, 0.25) is 0 Å². The number of hydrogen-bond donors (Lipinski definition) is 0. The van der Waals surface area contributed by atoms with Gasteiger partial charge in [-0.3, -0.25) is 0 Å². The minimum atomic E-state index is -0.123. The summed E-state index contributed by atoms with van der Waals surface area (Å²) in [7, 11) is 0. The van der Waals surface area contributed by atoms with Crippen LogP contribution in [-0.4, -0.2) is 20.4 Å². The van der Waals surface area contributed by atoms with E-state index < -0.39 is 0 Å². The van der Waals surface area contributed by atoms with Crippen LogP contribution < -0.4 is 10.2 Å². The van der Waals surface area contributed by atoms with E-state index in [-0.39, 0.29) is 42.8 Å². The molecule has 212 valence electrons. The number of nitrogens with zero attached hydrogens (tertiary/aromatic N) is 4. The van der Waals surface area contributed by atoms with Crippen LogP contribution in [0.3, 0.4) is 0 Å². The zero-order valence-corrected chi connectivity index (χ0v) is 26.8. The van der Waals surface area contributed by atoms with Gasteiger partial charge in [-0.05, 0) is 57.9 Å². The van der Waals surface area contributed by atoms with Gasteiger partial charge in [-0.15, -0.1) is 20.4 Å². The molecule has 6 aromatic carbocycles. The molecule has 2 aromatic heterocycles. The maximum atomic E-state index is 12.3. The molecule has 0 atom stereocenters. The van der Waals surface area contributed by atoms with E-state index in [1.165, 1.54) is 0 Å². The Morgan fingerprint density at radius 2 is 0.689 bits per heavy atom. The number of rotatable bonds is 4. The van der Waals surface area contributed by atoms with Crippen LogP contribution in [-0.2, 0) is 19.5 Å². The third-order valence-electron chi connectivity index (χ3n) is 7.05. The fourth-order valence-electron chi connectivity index (χ4n) is 4.83. The van der Waals surface area contributed by atoms with Gasteiger partial charge >= 0.3 is 19.5 Å². The molecule has 0 saturated heterocycles. The van der Waals surface area contributed by atoms with Crippen LogP contribution >= 0.6 is 0 Å². The fourth-order valence-corrected chi connectivity index (χ4v) is 4.83. The minimum Gasteiger partial charge on any atom is -0.872 e. The first kappa shape index (κ1) is 29.4. The molecular weight excluding hydrogens is 618 g/mol. The molecular formula is C36H22N4O4Zn. The van der Waals surface area contributed by atoms with Crippen molar-refractivity contribution in [2.24, 2.45) is 0 Å². The SMILES string of the molecule is [O-]c1cc2ccccc2cc1-c1nnc(-c2ccccc2)o1.[O-]c1cc2ccccc2cc1-c1nnc(-c2ccccc2)o1.[Zn+2]. The molecule has 0 aliphatic rings. The number of hydrogen-bond acceptors (Lipinski definition) is 8. The van der Waals surface area contributed by atoms with Gasteiger partial charge in [-0.1, -0.05) is 109 Å². The molecule has 0 N–H and O–H groups in total. The molecule has 9 heteroatoms. The molecule has 0 bridgehead atoms. The maximum absolute atomic E-state index is 12.3. The van der Waals surface area contributed by atoms with Crippen LogP contribution in [0.25, 0.3) is 67.4 Å². The summed E-state index contributed by atoms with van der Waals surface area (Å²) in [6, 6.07) is 41.1. The van der Waals surface area contributed by atoms with Gasteiger partial charge in [0.1, 0.15) is 0 Å². The van der Waals surface area contributed by atoms with E-state index in [0.29, 0.717) is 22.9 Å². The van der Waals surface area contributed by atoms with Gasteiger partial charge in [0.05, 0.1) is 0 Å². The molecule has 0 radical (unpaired) electrons. The van der Waals surface area contributed by atoms with Crippen molar-refractivity contribution >= 4 is 21.5 Å². The van der Waals surface area contributed by atoms with E-state index in [1.54, 1.807) is 24.3 Å². The first-order chi connectivity index (χ1) is 21.6. The van der Waals surface area contributed by atoms with Crippen LogP contribution in [0, 0.1) is 0 Å². The minimum absolute atomic E-state index is 0. The summed E-state index contributed by atoms with van der Waals surface area (Å²) in [6.07, 6.45) is 0. The standard InChI is InChI=1S/2C18H12N2O2.Zn/c2*21-16-11-14-9-5-4-8-13(14)10-15(16)18-20-19-17(22-18)12-6-2-1-3-7-12;/h2*1-11,21H;/q;;+2/p-2. The molecule has 0 saturated carbocycles. The molecule has 0 aliphatic carbocycles. The molecule has 8 nitrogen and oxygen atoms in total. The Bertz CT molecular complexity index is 2060. The van der Waals surface area contributed by atoms with Gasteiger partial charge in [0.15, 0.2) is 0 Å². The largest absolute Gasteiger partial charge is 2.00 e. The second-order valence-corrected chi connectivity index (χ2v) is 9.95. The zero-order valence-electron chi connectivity index (χ0n) is 23.8. The summed E-state index contributed by atoms with van der Waals surface area (Å²) in [4.78, 5) is 0. The monoisotopic (exact) mass is 638 g/mol. The smallest absolute Gasteiger partial charge is 0.872 e. The quantitative estimate of drug-likeness (QED) is 0.184. The zero-order chi connectivity index (χ0) is 29.9. The van der Waals surface area contributed by atoms with Crippen molar-refractivity contribution in [3.63, 3.8) is 0 Å². The van der Waals surface area contributed by atoms with E-state index in [1.807, 2.05) is 109 Å². The first-order valence-electron chi connectivity index (χ1n) is 13.8. The van der Waals surface area contributed by atoms with E-state index in [0.717, 1.165) is 32.7 Å². The Hall–Kier alpha value is -5.66. The molecule has 0 fully saturated rings. The normalized spacial score (nSPS) is 10.7. The van der Waals surface area contributed by atoms with Gasteiger partial charge < -0.3 is 19.0 Å². The molecule has 0 unspecified atom stereocenters. The number of benzene rings is 6. The van der Waals surface area contributed by atoms with E-state index >= 15 is 0 Å². The second-order valence-electron chi connectivity index (χ2n) is 9.95. The topological polar surface area (TPSA) is 124 Å². The Balaban J connectivity index is 0.000000155. The van der Waals surface area contributed by atoms with Crippen LogP contribution in [0.15, 0.2) is 142 Å². The van der Waals surface area contributed by atoms with Crippen molar-refractivity contribution in [2.45, 2.75) is 0 Å². The summed E-state index contributed by atoms with van der Waals surface area (Å²) >= 11 is 0. The summed E-state index contributed by atoms with van der Waals surface area (Å²) in [6.45, 7) is 0. The van der Waals surface area contributed by atoms with Crippen LogP contribution in [0.1, 0.15) is 0 Å². The van der Waals surface area contributed by atoms with Crippen molar-refractivity contribution in [1.29, 1.82) is 0 Å². The third kappa shape index (κ3) is 6.21. The summed E-state index contributed by atoms with van der Waals surface area (Å²) in [5, 5.41) is 44.3. The molecule has 0 amide bonds. The Kier molecular flexibility index (Phi) is 8.44. The maximum Gasteiger partial charge on any atom is 2.00 e.